The summed E-state index contributed by atoms with van der Waals surface area (Å²) < 4.78 is 0. The van der Waals surface area contributed by atoms with Crippen molar-refractivity contribution in [3.05, 3.63) is 23.8 Å². The highest BCUT2D eigenvalue weighted by Gasteiger charge is 2.20. The summed E-state index contributed by atoms with van der Waals surface area (Å²) in [6, 6.07) is 5.34. The summed E-state index contributed by atoms with van der Waals surface area (Å²) >= 11 is 0. The lowest BCUT2D eigenvalue weighted by Gasteiger charge is -2.28. The second-order valence-electron chi connectivity index (χ2n) is 4.93. The van der Waals surface area contributed by atoms with Crippen molar-refractivity contribution >= 4 is 29.1 Å². The van der Waals surface area contributed by atoms with E-state index < -0.39 is 11.8 Å². The van der Waals surface area contributed by atoms with E-state index in [2.05, 4.69) is 10.6 Å². The van der Waals surface area contributed by atoms with Crippen LogP contribution in [0.15, 0.2) is 18.2 Å². The van der Waals surface area contributed by atoms with E-state index in [-0.39, 0.29) is 5.91 Å². The van der Waals surface area contributed by atoms with Crippen LogP contribution in [0, 0.1) is 0 Å². The summed E-state index contributed by atoms with van der Waals surface area (Å²) in [4.78, 5) is 36.4. The molecule has 0 unspecified atom stereocenters. The largest absolute Gasteiger partial charge is 0.348 e. The van der Waals surface area contributed by atoms with Gasteiger partial charge in [0, 0.05) is 31.4 Å². The molecule has 1 aromatic rings. The minimum Gasteiger partial charge on any atom is -0.348 e. The number of hydrogen-bond donors (Lipinski definition) is 2. The molecular weight excluding hydrogens is 270 g/mol. The van der Waals surface area contributed by atoms with Crippen LogP contribution in [0.2, 0.25) is 0 Å². The average molecular weight is 289 g/mol. The van der Waals surface area contributed by atoms with Gasteiger partial charge in [0.25, 0.3) is 0 Å². The maximum absolute atomic E-state index is 11.7. The molecule has 1 heterocycles. The second-order valence-corrected chi connectivity index (χ2v) is 4.93. The van der Waals surface area contributed by atoms with E-state index in [1.807, 2.05) is 12.1 Å². The van der Waals surface area contributed by atoms with Gasteiger partial charge in [-0.05, 0) is 43.5 Å². The van der Waals surface area contributed by atoms with E-state index in [9.17, 15) is 14.4 Å². The number of likely N-dealkylation sites (N-methyl/N-ethyl adjacent to an activating group) is 1. The van der Waals surface area contributed by atoms with E-state index in [4.69, 9.17) is 0 Å². The first-order chi connectivity index (χ1) is 10.0. The quantitative estimate of drug-likeness (QED) is 0.799. The van der Waals surface area contributed by atoms with Gasteiger partial charge in [-0.25, -0.2) is 0 Å². The lowest BCUT2D eigenvalue weighted by molar-refractivity contribution is -0.136. The lowest BCUT2D eigenvalue weighted by atomic mass is 10.0. The van der Waals surface area contributed by atoms with Gasteiger partial charge in [0.15, 0.2) is 0 Å². The number of carbonyl (C=O) groups is 3. The molecule has 1 aliphatic heterocycles. The second kappa shape index (κ2) is 6.39. The third-order valence-electron chi connectivity index (χ3n) is 3.38. The number of carbonyl (C=O) groups excluding carboxylic acids is 3. The summed E-state index contributed by atoms with van der Waals surface area (Å²) in [5, 5.41) is 5.01. The zero-order valence-electron chi connectivity index (χ0n) is 12.2. The molecular formula is C15H19N3O3. The third kappa shape index (κ3) is 3.39. The molecule has 0 spiro atoms. The third-order valence-corrected chi connectivity index (χ3v) is 3.38. The van der Waals surface area contributed by atoms with Crippen LogP contribution in [0.4, 0.5) is 11.4 Å². The molecule has 6 nitrogen and oxygen atoms in total. The molecule has 1 aliphatic rings. The number of benzene rings is 1. The van der Waals surface area contributed by atoms with E-state index in [0.717, 1.165) is 24.1 Å². The van der Waals surface area contributed by atoms with Gasteiger partial charge in [0.1, 0.15) is 0 Å². The molecule has 1 aromatic carbocycles. The minimum absolute atomic E-state index is 0.00931. The summed E-state index contributed by atoms with van der Waals surface area (Å²) in [5.74, 6) is -1.33. The fraction of sp³-hybridized carbons (Fsp3) is 0.400. The monoisotopic (exact) mass is 289 g/mol. The van der Waals surface area contributed by atoms with Crippen LogP contribution in [0.5, 0.6) is 0 Å². The van der Waals surface area contributed by atoms with Gasteiger partial charge in [0.2, 0.25) is 5.91 Å². The van der Waals surface area contributed by atoms with Gasteiger partial charge in [0.05, 0.1) is 0 Å². The molecule has 0 atom stereocenters. The Bertz CT molecular complexity index is 584. The Labute approximate surface area is 123 Å². The summed E-state index contributed by atoms with van der Waals surface area (Å²) in [5.41, 5.74) is 2.45. The highest BCUT2D eigenvalue weighted by molar-refractivity contribution is 6.39. The van der Waals surface area contributed by atoms with Gasteiger partial charge in [-0.2, -0.15) is 0 Å². The van der Waals surface area contributed by atoms with Gasteiger partial charge in [-0.3, -0.25) is 14.4 Å². The normalized spacial score (nSPS) is 13.3. The maximum atomic E-state index is 11.7. The highest BCUT2D eigenvalue weighted by Crippen LogP contribution is 2.29. The maximum Gasteiger partial charge on any atom is 0.313 e. The number of anilines is 2. The number of nitrogens with one attached hydrogen (secondary N) is 2. The van der Waals surface area contributed by atoms with Gasteiger partial charge in [-0.1, -0.05) is 0 Å². The van der Waals surface area contributed by atoms with Crippen LogP contribution in [-0.2, 0) is 20.8 Å². The van der Waals surface area contributed by atoms with Crippen molar-refractivity contribution in [1.29, 1.82) is 0 Å². The molecule has 0 fully saturated rings. The Morgan fingerprint density at radius 2 is 2.00 bits per heavy atom. The van der Waals surface area contributed by atoms with Gasteiger partial charge < -0.3 is 15.5 Å². The van der Waals surface area contributed by atoms with Crippen molar-refractivity contribution in [2.45, 2.75) is 26.7 Å². The predicted octanol–water partition coefficient (Wildman–Crippen LogP) is 1.06. The van der Waals surface area contributed by atoms with E-state index in [0.29, 0.717) is 18.8 Å². The number of aryl methyl sites for hydroxylation is 1. The first-order valence-corrected chi connectivity index (χ1v) is 7.03. The number of amides is 3. The van der Waals surface area contributed by atoms with Crippen molar-refractivity contribution in [2.75, 3.05) is 23.3 Å². The first kappa shape index (κ1) is 15.0. The number of fused-ring (bicyclic) bond motifs is 1. The Kier molecular flexibility index (Phi) is 4.57. The van der Waals surface area contributed by atoms with Crippen molar-refractivity contribution in [1.82, 2.24) is 5.32 Å². The Morgan fingerprint density at radius 1 is 1.24 bits per heavy atom. The molecule has 2 rings (SSSR count). The molecule has 21 heavy (non-hydrogen) atoms. The molecule has 6 heteroatoms. The van der Waals surface area contributed by atoms with E-state index in [1.165, 1.54) is 0 Å². The molecule has 0 aromatic heterocycles. The van der Waals surface area contributed by atoms with E-state index in [1.54, 1.807) is 24.8 Å². The molecule has 0 aliphatic carbocycles. The van der Waals surface area contributed by atoms with Gasteiger partial charge in [-0.15, -0.1) is 0 Å². The van der Waals surface area contributed by atoms with Crippen molar-refractivity contribution in [2.24, 2.45) is 0 Å². The van der Waals surface area contributed by atoms with Crippen LogP contribution in [0.25, 0.3) is 0 Å². The Balaban J connectivity index is 2.16. The fourth-order valence-electron chi connectivity index (χ4n) is 2.43. The molecule has 112 valence electrons. The SMILES string of the molecule is CCNC(=O)C(=O)Nc1ccc2c(c1)CCCN2C(C)=O. The van der Waals surface area contributed by atoms with Crippen LogP contribution in [0.3, 0.4) is 0 Å². The first-order valence-electron chi connectivity index (χ1n) is 7.03. The molecule has 0 saturated carbocycles. The molecule has 2 N–H and O–H groups in total. The highest BCUT2D eigenvalue weighted by atomic mass is 16.2. The van der Waals surface area contributed by atoms with Crippen LogP contribution in [0.1, 0.15) is 25.8 Å². The summed E-state index contributed by atoms with van der Waals surface area (Å²) in [6.07, 6.45) is 1.74. The van der Waals surface area contributed by atoms with Crippen molar-refractivity contribution < 1.29 is 14.4 Å². The molecule has 0 radical (unpaired) electrons. The van der Waals surface area contributed by atoms with Crippen LogP contribution in [-0.4, -0.2) is 30.8 Å². The minimum atomic E-state index is -0.684. The average Bonchev–Trinajstić information content (AvgIpc) is 2.46. The smallest absolute Gasteiger partial charge is 0.313 e. The van der Waals surface area contributed by atoms with Crippen molar-refractivity contribution in [3.63, 3.8) is 0 Å². The zero-order chi connectivity index (χ0) is 15.4. The van der Waals surface area contributed by atoms with Crippen LogP contribution < -0.4 is 15.5 Å². The zero-order valence-corrected chi connectivity index (χ0v) is 12.2. The lowest BCUT2D eigenvalue weighted by Crippen LogP contribution is -2.35. The topological polar surface area (TPSA) is 78.5 Å². The number of rotatable bonds is 2. The standard InChI is InChI=1S/C15H19N3O3/c1-3-16-14(20)15(21)17-12-6-7-13-11(9-12)5-4-8-18(13)10(2)19/h6-7,9H,3-5,8H2,1-2H3,(H,16,20)(H,17,21). The Morgan fingerprint density at radius 3 is 2.67 bits per heavy atom. The molecule has 3 amide bonds. The number of hydrogen-bond acceptors (Lipinski definition) is 3. The summed E-state index contributed by atoms with van der Waals surface area (Å²) in [6.45, 7) is 4.41. The fourth-order valence-corrected chi connectivity index (χ4v) is 2.43. The molecule has 0 saturated heterocycles. The Hall–Kier alpha value is -2.37. The predicted molar refractivity (Wildman–Crippen MR) is 80.1 cm³/mol. The summed E-state index contributed by atoms with van der Waals surface area (Å²) in [7, 11) is 0. The van der Waals surface area contributed by atoms with Crippen molar-refractivity contribution in [3.8, 4) is 0 Å². The molecule has 0 bridgehead atoms. The van der Waals surface area contributed by atoms with E-state index >= 15 is 0 Å². The van der Waals surface area contributed by atoms with Crippen LogP contribution >= 0.6 is 0 Å². The number of nitrogens with zero attached hydrogens (tertiary/aromatic N) is 1. The van der Waals surface area contributed by atoms with Gasteiger partial charge >= 0.3 is 11.8 Å².